The van der Waals surface area contributed by atoms with E-state index in [4.69, 9.17) is 14.2 Å². The van der Waals surface area contributed by atoms with Gasteiger partial charge >= 0.3 is 0 Å². The molecule has 0 aliphatic heterocycles. The van der Waals surface area contributed by atoms with Crippen LogP contribution in [0.15, 0.2) is 36.4 Å². The third kappa shape index (κ3) is 3.66. The van der Waals surface area contributed by atoms with Gasteiger partial charge in [0.2, 0.25) is 11.8 Å². The average molecular weight is 302 g/mol. The molecule has 22 heavy (non-hydrogen) atoms. The van der Waals surface area contributed by atoms with Crippen LogP contribution in [0.25, 0.3) is 0 Å². The number of rotatable bonds is 6. The van der Waals surface area contributed by atoms with Gasteiger partial charge in [0, 0.05) is 11.8 Å². The van der Waals surface area contributed by atoms with Gasteiger partial charge in [-0.3, -0.25) is 4.79 Å². The summed E-state index contributed by atoms with van der Waals surface area (Å²) >= 11 is 0. The summed E-state index contributed by atoms with van der Waals surface area (Å²) in [4.78, 5) is 16.4. The van der Waals surface area contributed by atoms with Crippen molar-refractivity contribution in [3.05, 3.63) is 42.0 Å². The lowest BCUT2D eigenvalue weighted by atomic mass is 10.2. The molecule has 0 unspecified atom stereocenters. The number of anilines is 1. The number of methoxy groups -OCH3 is 2. The van der Waals surface area contributed by atoms with Gasteiger partial charge in [-0.1, -0.05) is 0 Å². The lowest BCUT2D eigenvalue weighted by Crippen LogP contribution is -2.14. The van der Waals surface area contributed by atoms with Crippen LogP contribution in [0.4, 0.5) is 5.69 Å². The smallest absolute Gasteiger partial charge is 0.261 e. The van der Waals surface area contributed by atoms with Gasteiger partial charge in [-0.2, -0.15) is 4.98 Å². The van der Waals surface area contributed by atoms with Gasteiger partial charge in [-0.25, -0.2) is 0 Å². The summed E-state index contributed by atoms with van der Waals surface area (Å²) in [6, 6.07) is 10.3. The van der Waals surface area contributed by atoms with E-state index in [-0.39, 0.29) is 11.8 Å². The van der Waals surface area contributed by atoms with E-state index in [1.807, 2.05) is 6.92 Å². The van der Waals surface area contributed by atoms with Gasteiger partial charge in [0.25, 0.3) is 5.91 Å². The number of hydrogen-bond acceptors (Lipinski definition) is 5. The highest BCUT2D eigenvalue weighted by Crippen LogP contribution is 2.22. The zero-order chi connectivity index (χ0) is 15.9. The summed E-state index contributed by atoms with van der Waals surface area (Å²) in [5, 5.41) is 2.78. The lowest BCUT2D eigenvalue weighted by molar-refractivity contribution is 0.102. The van der Waals surface area contributed by atoms with Crippen LogP contribution < -0.4 is 19.5 Å². The minimum Gasteiger partial charge on any atom is -0.494 e. The van der Waals surface area contributed by atoms with Crippen LogP contribution in [0.1, 0.15) is 17.3 Å². The fraction of sp³-hybridized carbons (Fsp3) is 0.250. The van der Waals surface area contributed by atoms with E-state index in [0.29, 0.717) is 23.7 Å². The summed E-state index contributed by atoms with van der Waals surface area (Å²) in [6.07, 6.45) is 0. The molecule has 1 N–H and O–H groups in total. The van der Waals surface area contributed by atoms with Gasteiger partial charge in [-0.05, 0) is 37.3 Å². The zero-order valence-electron chi connectivity index (χ0n) is 12.8. The standard InChI is InChI=1S/C16H18N2O4/c1-4-22-12-7-5-11(6-8-12)17-15(19)13-9-10-14(20-2)18-16(13)21-3/h5-10H,4H2,1-3H3,(H,17,19). The topological polar surface area (TPSA) is 69.7 Å². The van der Waals surface area contributed by atoms with E-state index in [9.17, 15) is 4.79 Å². The van der Waals surface area contributed by atoms with Crippen LogP contribution >= 0.6 is 0 Å². The van der Waals surface area contributed by atoms with Crippen molar-refractivity contribution in [2.75, 3.05) is 26.1 Å². The number of carbonyl (C=O) groups excluding carboxylic acids is 1. The number of ether oxygens (including phenoxy) is 3. The van der Waals surface area contributed by atoms with Gasteiger partial charge in [-0.15, -0.1) is 0 Å². The molecule has 0 saturated heterocycles. The first kappa shape index (κ1) is 15.6. The van der Waals surface area contributed by atoms with Crippen LogP contribution in [0, 0.1) is 0 Å². The Labute approximate surface area is 129 Å². The monoisotopic (exact) mass is 302 g/mol. The second-order valence-corrected chi connectivity index (χ2v) is 4.32. The van der Waals surface area contributed by atoms with E-state index in [0.717, 1.165) is 5.75 Å². The number of aromatic nitrogens is 1. The van der Waals surface area contributed by atoms with Crippen molar-refractivity contribution in [3.8, 4) is 17.5 Å². The van der Waals surface area contributed by atoms with Crippen molar-refractivity contribution in [2.45, 2.75) is 6.92 Å². The fourth-order valence-electron chi connectivity index (χ4n) is 1.87. The molecule has 0 atom stereocenters. The highest BCUT2D eigenvalue weighted by Gasteiger charge is 2.15. The first-order valence-electron chi connectivity index (χ1n) is 6.81. The summed E-state index contributed by atoms with van der Waals surface area (Å²) in [7, 11) is 2.96. The Bertz CT molecular complexity index is 641. The van der Waals surface area contributed by atoms with Gasteiger partial charge in [0.1, 0.15) is 11.3 Å². The molecule has 116 valence electrons. The molecular weight excluding hydrogens is 284 g/mol. The molecule has 1 aromatic heterocycles. The first-order valence-corrected chi connectivity index (χ1v) is 6.81. The van der Waals surface area contributed by atoms with Crippen molar-refractivity contribution >= 4 is 11.6 Å². The second-order valence-electron chi connectivity index (χ2n) is 4.32. The van der Waals surface area contributed by atoms with Crippen molar-refractivity contribution in [2.24, 2.45) is 0 Å². The molecule has 1 amide bonds. The Kier molecular flexibility index (Phi) is 5.19. The number of nitrogens with zero attached hydrogens (tertiary/aromatic N) is 1. The Morgan fingerprint density at radius 3 is 2.41 bits per heavy atom. The molecule has 0 spiro atoms. The van der Waals surface area contributed by atoms with Crippen molar-refractivity contribution in [1.82, 2.24) is 4.98 Å². The minimum atomic E-state index is -0.309. The summed E-state index contributed by atoms with van der Waals surface area (Å²) in [5.41, 5.74) is 0.989. The van der Waals surface area contributed by atoms with Gasteiger partial charge in [0.15, 0.2) is 0 Å². The van der Waals surface area contributed by atoms with Crippen LogP contribution in [-0.4, -0.2) is 31.7 Å². The van der Waals surface area contributed by atoms with E-state index in [1.54, 1.807) is 36.4 Å². The molecule has 0 aliphatic carbocycles. The van der Waals surface area contributed by atoms with E-state index < -0.39 is 0 Å². The number of pyridine rings is 1. The summed E-state index contributed by atoms with van der Waals surface area (Å²) in [6.45, 7) is 2.51. The second kappa shape index (κ2) is 7.31. The molecule has 0 aliphatic rings. The molecule has 0 bridgehead atoms. The van der Waals surface area contributed by atoms with E-state index in [1.165, 1.54) is 14.2 Å². The number of carbonyl (C=O) groups is 1. The van der Waals surface area contributed by atoms with Crippen LogP contribution in [0.3, 0.4) is 0 Å². The molecule has 0 fully saturated rings. The highest BCUT2D eigenvalue weighted by molar-refractivity contribution is 6.05. The van der Waals surface area contributed by atoms with Gasteiger partial charge in [0.05, 0.1) is 20.8 Å². The number of nitrogens with one attached hydrogen (secondary N) is 1. The van der Waals surface area contributed by atoms with Crippen molar-refractivity contribution in [1.29, 1.82) is 0 Å². The number of hydrogen-bond donors (Lipinski definition) is 1. The normalized spacial score (nSPS) is 9.95. The van der Waals surface area contributed by atoms with Crippen LogP contribution in [0.5, 0.6) is 17.5 Å². The zero-order valence-corrected chi connectivity index (χ0v) is 12.8. The predicted molar refractivity (Wildman–Crippen MR) is 82.9 cm³/mol. The molecule has 2 rings (SSSR count). The maximum atomic E-state index is 12.3. The SMILES string of the molecule is CCOc1ccc(NC(=O)c2ccc(OC)nc2OC)cc1. The van der Waals surface area contributed by atoms with Crippen molar-refractivity contribution < 1.29 is 19.0 Å². The Hall–Kier alpha value is -2.76. The Balaban J connectivity index is 2.14. The molecule has 6 heteroatoms. The number of amides is 1. The summed E-state index contributed by atoms with van der Waals surface area (Å²) in [5.74, 6) is 1.04. The fourth-order valence-corrected chi connectivity index (χ4v) is 1.87. The van der Waals surface area contributed by atoms with Crippen molar-refractivity contribution in [3.63, 3.8) is 0 Å². The Morgan fingerprint density at radius 2 is 1.82 bits per heavy atom. The maximum absolute atomic E-state index is 12.3. The maximum Gasteiger partial charge on any atom is 0.261 e. The Morgan fingerprint density at radius 1 is 1.09 bits per heavy atom. The van der Waals surface area contributed by atoms with Crippen LogP contribution in [0.2, 0.25) is 0 Å². The molecular formula is C16H18N2O4. The first-order chi connectivity index (χ1) is 10.7. The van der Waals surface area contributed by atoms with Crippen LogP contribution in [-0.2, 0) is 0 Å². The van der Waals surface area contributed by atoms with Gasteiger partial charge < -0.3 is 19.5 Å². The predicted octanol–water partition coefficient (Wildman–Crippen LogP) is 2.75. The molecule has 6 nitrogen and oxygen atoms in total. The third-order valence-electron chi connectivity index (χ3n) is 2.91. The minimum absolute atomic E-state index is 0.211. The quantitative estimate of drug-likeness (QED) is 0.888. The summed E-state index contributed by atoms with van der Waals surface area (Å²) < 4.78 is 15.5. The lowest BCUT2D eigenvalue weighted by Gasteiger charge is -2.10. The number of benzene rings is 1. The molecule has 2 aromatic rings. The molecule has 0 radical (unpaired) electrons. The molecule has 1 heterocycles. The largest absolute Gasteiger partial charge is 0.494 e. The molecule has 1 aromatic carbocycles. The highest BCUT2D eigenvalue weighted by atomic mass is 16.5. The molecule has 0 saturated carbocycles. The third-order valence-corrected chi connectivity index (χ3v) is 2.91. The van der Waals surface area contributed by atoms with E-state index >= 15 is 0 Å². The average Bonchev–Trinajstić information content (AvgIpc) is 2.56. The van der Waals surface area contributed by atoms with E-state index in [2.05, 4.69) is 10.3 Å².